The third-order valence-corrected chi connectivity index (χ3v) is 6.03. The van der Waals surface area contributed by atoms with Gasteiger partial charge in [-0.05, 0) is 49.1 Å². The zero-order valence-corrected chi connectivity index (χ0v) is 16.6. The lowest BCUT2D eigenvalue weighted by molar-refractivity contribution is 0.266. The molecular formula is C23H28N4O. The zero-order chi connectivity index (χ0) is 19.5. The molecule has 0 saturated heterocycles. The summed E-state index contributed by atoms with van der Waals surface area (Å²) in [5.41, 5.74) is 1.75. The number of hydrogen-bond donors (Lipinski definition) is 2. The van der Waals surface area contributed by atoms with Gasteiger partial charge in [0, 0.05) is 35.5 Å². The van der Waals surface area contributed by atoms with Crippen LogP contribution < -0.4 is 10.9 Å². The minimum atomic E-state index is -0.0925. The van der Waals surface area contributed by atoms with Crippen LogP contribution in [-0.4, -0.2) is 21.2 Å². The van der Waals surface area contributed by atoms with Crippen molar-refractivity contribution >= 4 is 16.6 Å². The standard InChI is InChI=1S/C23H28N4O/c1-15(2)17-7-9-18(10-8-17)25-23-20-6-4-3-5-19(20)21(26-27-23)13-16-11-12-24-22(28)14-16/h3-6,11-12,14-15,17-18H,7-10,13H2,1-2H3,(H,24,28)(H,25,27). The minimum absolute atomic E-state index is 0.0925. The van der Waals surface area contributed by atoms with Gasteiger partial charge in [-0.15, -0.1) is 5.10 Å². The summed E-state index contributed by atoms with van der Waals surface area (Å²) in [6.45, 7) is 4.66. The number of nitrogens with one attached hydrogen (secondary N) is 2. The first kappa shape index (κ1) is 18.7. The Morgan fingerprint density at radius 3 is 2.54 bits per heavy atom. The van der Waals surface area contributed by atoms with Gasteiger partial charge in [-0.1, -0.05) is 38.1 Å². The van der Waals surface area contributed by atoms with Crippen LogP contribution in [0.3, 0.4) is 0 Å². The van der Waals surface area contributed by atoms with Crippen LogP contribution >= 0.6 is 0 Å². The quantitative estimate of drug-likeness (QED) is 0.686. The fourth-order valence-electron chi connectivity index (χ4n) is 4.31. The second-order valence-corrected chi connectivity index (χ2v) is 8.28. The van der Waals surface area contributed by atoms with Gasteiger partial charge in [-0.2, -0.15) is 5.10 Å². The minimum Gasteiger partial charge on any atom is -0.365 e. The van der Waals surface area contributed by atoms with Crippen molar-refractivity contribution in [1.29, 1.82) is 0 Å². The number of nitrogens with zero attached hydrogens (tertiary/aromatic N) is 2. The van der Waals surface area contributed by atoms with Crippen LogP contribution in [0, 0.1) is 11.8 Å². The monoisotopic (exact) mass is 376 g/mol. The summed E-state index contributed by atoms with van der Waals surface area (Å²) in [4.78, 5) is 14.2. The molecule has 1 aromatic carbocycles. The maximum Gasteiger partial charge on any atom is 0.248 e. The van der Waals surface area contributed by atoms with Crippen molar-refractivity contribution in [2.45, 2.75) is 52.0 Å². The fraction of sp³-hybridized carbons (Fsp3) is 0.435. The highest BCUT2D eigenvalue weighted by molar-refractivity contribution is 5.93. The molecule has 146 valence electrons. The van der Waals surface area contributed by atoms with E-state index in [0.29, 0.717) is 12.5 Å². The van der Waals surface area contributed by atoms with Crippen LogP contribution in [0.15, 0.2) is 47.4 Å². The number of benzene rings is 1. The molecule has 0 atom stereocenters. The topological polar surface area (TPSA) is 70.7 Å². The first-order chi connectivity index (χ1) is 13.6. The SMILES string of the molecule is CC(C)C1CCC(Nc2nnc(Cc3cc[nH]c(=O)c3)c3ccccc23)CC1. The zero-order valence-electron chi connectivity index (χ0n) is 16.6. The van der Waals surface area contributed by atoms with Crippen LogP contribution in [-0.2, 0) is 6.42 Å². The molecule has 0 spiro atoms. The van der Waals surface area contributed by atoms with E-state index in [0.717, 1.165) is 39.7 Å². The average Bonchev–Trinajstić information content (AvgIpc) is 2.70. The molecule has 2 heterocycles. The number of anilines is 1. The predicted molar refractivity (Wildman–Crippen MR) is 114 cm³/mol. The Labute approximate surface area is 165 Å². The van der Waals surface area contributed by atoms with Crippen LogP contribution in [0.5, 0.6) is 0 Å². The van der Waals surface area contributed by atoms with Gasteiger partial charge in [0.25, 0.3) is 0 Å². The average molecular weight is 377 g/mol. The largest absolute Gasteiger partial charge is 0.365 e. The van der Waals surface area contributed by atoms with E-state index in [-0.39, 0.29) is 5.56 Å². The number of hydrogen-bond acceptors (Lipinski definition) is 4. The highest BCUT2D eigenvalue weighted by Gasteiger charge is 2.24. The molecule has 2 N–H and O–H groups in total. The van der Waals surface area contributed by atoms with E-state index in [4.69, 9.17) is 0 Å². The summed E-state index contributed by atoms with van der Waals surface area (Å²) < 4.78 is 0. The molecule has 1 saturated carbocycles. The number of pyridine rings is 1. The van der Waals surface area contributed by atoms with Gasteiger partial charge in [-0.3, -0.25) is 4.79 Å². The number of fused-ring (bicyclic) bond motifs is 1. The molecule has 5 nitrogen and oxygen atoms in total. The van der Waals surface area contributed by atoms with Gasteiger partial charge in [0.15, 0.2) is 5.82 Å². The molecule has 1 aliphatic rings. The number of aromatic amines is 1. The third-order valence-electron chi connectivity index (χ3n) is 6.03. The molecular weight excluding hydrogens is 348 g/mol. The Balaban J connectivity index is 1.57. The molecule has 4 rings (SSSR count). The molecule has 2 aromatic heterocycles. The Hall–Kier alpha value is -2.69. The van der Waals surface area contributed by atoms with E-state index in [1.165, 1.54) is 25.7 Å². The Bertz CT molecular complexity index is 1000. The van der Waals surface area contributed by atoms with E-state index in [1.807, 2.05) is 18.2 Å². The summed E-state index contributed by atoms with van der Waals surface area (Å²) >= 11 is 0. The highest BCUT2D eigenvalue weighted by Crippen LogP contribution is 2.32. The molecule has 3 aromatic rings. The molecule has 0 radical (unpaired) electrons. The van der Waals surface area contributed by atoms with Crippen molar-refractivity contribution in [2.75, 3.05) is 5.32 Å². The molecule has 0 bridgehead atoms. The van der Waals surface area contributed by atoms with Crippen molar-refractivity contribution in [3.05, 3.63) is 64.2 Å². The third kappa shape index (κ3) is 4.08. The summed E-state index contributed by atoms with van der Waals surface area (Å²) in [5, 5.41) is 14.9. The summed E-state index contributed by atoms with van der Waals surface area (Å²) in [6, 6.07) is 12.3. The lowest BCUT2D eigenvalue weighted by atomic mass is 9.80. The van der Waals surface area contributed by atoms with E-state index >= 15 is 0 Å². The Morgan fingerprint density at radius 1 is 1.07 bits per heavy atom. The second kappa shape index (κ2) is 8.13. The van der Waals surface area contributed by atoms with E-state index < -0.39 is 0 Å². The summed E-state index contributed by atoms with van der Waals surface area (Å²) in [5.74, 6) is 2.49. The van der Waals surface area contributed by atoms with Gasteiger partial charge in [-0.25, -0.2) is 0 Å². The van der Waals surface area contributed by atoms with Crippen molar-refractivity contribution in [3.63, 3.8) is 0 Å². The predicted octanol–water partition coefficient (Wildman–Crippen LogP) is 4.54. The van der Waals surface area contributed by atoms with E-state index in [2.05, 4.69) is 46.5 Å². The Morgan fingerprint density at radius 2 is 1.82 bits per heavy atom. The van der Waals surface area contributed by atoms with Gasteiger partial charge in [0.05, 0.1) is 5.69 Å². The van der Waals surface area contributed by atoms with Crippen LogP contribution in [0.25, 0.3) is 10.8 Å². The number of rotatable bonds is 5. The fourth-order valence-corrected chi connectivity index (χ4v) is 4.31. The molecule has 28 heavy (non-hydrogen) atoms. The molecule has 0 amide bonds. The first-order valence-electron chi connectivity index (χ1n) is 10.3. The summed E-state index contributed by atoms with van der Waals surface area (Å²) in [6.07, 6.45) is 7.21. The van der Waals surface area contributed by atoms with E-state index in [1.54, 1.807) is 12.3 Å². The smallest absolute Gasteiger partial charge is 0.248 e. The van der Waals surface area contributed by atoms with Crippen molar-refractivity contribution in [3.8, 4) is 0 Å². The lowest BCUT2D eigenvalue weighted by Gasteiger charge is -2.31. The first-order valence-corrected chi connectivity index (χ1v) is 10.3. The van der Waals surface area contributed by atoms with Gasteiger partial charge >= 0.3 is 0 Å². The summed E-state index contributed by atoms with van der Waals surface area (Å²) in [7, 11) is 0. The molecule has 1 fully saturated rings. The maximum absolute atomic E-state index is 11.6. The number of H-pyrrole nitrogens is 1. The van der Waals surface area contributed by atoms with Gasteiger partial charge in [0.2, 0.25) is 5.56 Å². The van der Waals surface area contributed by atoms with Crippen molar-refractivity contribution in [2.24, 2.45) is 11.8 Å². The highest BCUT2D eigenvalue weighted by atomic mass is 16.1. The molecule has 5 heteroatoms. The van der Waals surface area contributed by atoms with Crippen molar-refractivity contribution < 1.29 is 0 Å². The Kier molecular flexibility index (Phi) is 5.42. The van der Waals surface area contributed by atoms with Crippen molar-refractivity contribution in [1.82, 2.24) is 15.2 Å². The number of aromatic nitrogens is 3. The molecule has 0 aliphatic heterocycles. The van der Waals surface area contributed by atoms with Crippen LogP contribution in [0.1, 0.15) is 50.8 Å². The van der Waals surface area contributed by atoms with Crippen LogP contribution in [0.2, 0.25) is 0 Å². The second-order valence-electron chi connectivity index (χ2n) is 8.28. The maximum atomic E-state index is 11.6. The molecule has 1 aliphatic carbocycles. The van der Waals surface area contributed by atoms with Crippen LogP contribution in [0.4, 0.5) is 5.82 Å². The van der Waals surface area contributed by atoms with E-state index in [9.17, 15) is 4.79 Å². The normalized spacial score (nSPS) is 19.8. The molecule has 0 unspecified atom stereocenters. The van der Waals surface area contributed by atoms with Gasteiger partial charge < -0.3 is 10.3 Å². The van der Waals surface area contributed by atoms with Gasteiger partial charge in [0.1, 0.15) is 0 Å². The lowest BCUT2D eigenvalue weighted by Crippen LogP contribution is -2.28.